The largest absolute Gasteiger partial charge is 0.384 e. The second-order valence-corrected chi connectivity index (χ2v) is 4.12. The van der Waals surface area contributed by atoms with Crippen LogP contribution in [-0.2, 0) is 6.42 Å². The van der Waals surface area contributed by atoms with E-state index in [1.165, 1.54) is 5.56 Å². The van der Waals surface area contributed by atoms with Gasteiger partial charge in [-0.05, 0) is 23.1 Å². The maximum absolute atomic E-state index is 10.5. The third kappa shape index (κ3) is 0.992. The summed E-state index contributed by atoms with van der Waals surface area (Å²) in [5.41, 5.74) is 2.78. The van der Waals surface area contributed by atoms with Gasteiger partial charge in [-0.3, -0.25) is 0 Å². The van der Waals surface area contributed by atoms with Crippen molar-refractivity contribution in [2.24, 2.45) is 0 Å². The van der Waals surface area contributed by atoms with Crippen LogP contribution in [0.2, 0.25) is 0 Å². The number of allylic oxidation sites excluding steroid dienone is 2. The molecule has 1 aromatic rings. The normalized spacial score (nSPS) is 28.2. The molecule has 3 aliphatic carbocycles. The molecule has 1 aromatic carbocycles. The first kappa shape index (κ1) is 8.01. The van der Waals surface area contributed by atoms with Crippen molar-refractivity contribution >= 4 is 5.57 Å². The summed E-state index contributed by atoms with van der Waals surface area (Å²) < 4.78 is 0. The van der Waals surface area contributed by atoms with Gasteiger partial charge in [0.05, 0.1) is 5.60 Å². The maximum Gasteiger partial charge on any atom is 0.0976 e. The lowest BCUT2D eigenvalue weighted by Gasteiger charge is -2.30. The van der Waals surface area contributed by atoms with Crippen LogP contribution in [0, 0.1) is 0 Å². The molecule has 0 amide bonds. The average molecular weight is 184 g/mol. The summed E-state index contributed by atoms with van der Waals surface area (Å²) >= 11 is 0. The van der Waals surface area contributed by atoms with Gasteiger partial charge in [0.2, 0.25) is 0 Å². The first-order valence-electron chi connectivity index (χ1n) is 4.97. The van der Waals surface area contributed by atoms with Gasteiger partial charge in [0.1, 0.15) is 0 Å². The summed E-state index contributed by atoms with van der Waals surface area (Å²) in [5, 5.41) is 10.5. The van der Waals surface area contributed by atoms with Crippen molar-refractivity contribution in [3.8, 4) is 0 Å². The van der Waals surface area contributed by atoms with E-state index < -0.39 is 5.60 Å². The van der Waals surface area contributed by atoms with E-state index in [2.05, 4.69) is 24.3 Å². The van der Waals surface area contributed by atoms with Crippen molar-refractivity contribution < 1.29 is 5.11 Å². The summed E-state index contributed by atoms with van der Waals surface area (Å²) in [7, 11) is 0. The van der Waals surface area contributed by atoms with Crippen molar-refractivity contribution in [1.29, 1.82) is 0 Å². The van der Waals surface area contributed by atoms with Crippen LogP contribution < -0.4 is 0 Å². The van der Waals surface area contributed by atoms with E-state index in [1.54, 1.807) is 0 Å². The molecule has 0 heterocycles. The van der Waals surface area contributed by atoms with Gasteiger partial charge in [-0.2, -0.15) is 0 Å². The molecule has 1 nitrogen and oxygen atoms in total. The van der Waals surface area contributed by atoms with Crippen LogP contribution in [0.3, 0.4) is 0 Å². The van der Waals surface area contributed by atoms with Gasteiger partial charge >= 0.3 is 0 Å². The molecular formula is C13H12O. The average Bonchev–Trinajstić information content (AvgIpc) is 2.41. The SMILES string of the molecule is OC12CC=CC=C1c1ccc(cc1)C2. The van der Waals surface area contributed by atoms with Crippen LogP contribution in [0.25, 0.3) is 5.57 Å². The lowest BCUT2D eigenvalue weighted by molar-refractivity contribution is 0.105. The van der Waals surface area contributed by atoms with Gasteiger partial charge in [-0.1, -0.05) is 42.5 Å². The molecule has 1 heteroatoms. The lowest BCUT2D eigenvalue weighted by Crippen LogP contribution is -2.32. The Morgan fingerprint density at radius 3 is 2.71 bits per heavy atom. The predicted octanol–water partition coefficient (Wildman–Crippen LogP) is 2.32. The second-order valence-electron chi connectivity index (χ2n) is 4.12. The fraction of sp³-hybridized carbons (Fsp3) is 0.231. The summed E-state index contributed by atoms with van der Waals surface area (Å²) in [5.74, 6) is 0. The van der Waals surface area contributed by atoms with Crippen LogP contribution in [0.4, 0.5) is 0 Å². The van der Waals surface area contributed by atoms with Crippen LogP contribution in [0.15, 0.2) is 42.5 Å². The molecule has 14 heavy (non-hydrogen) atoms. The van der Waals surface area contributed by atoms with Crippen molar-refractivity contribution in [3.63, 3.8) is 0 Å². The van der Waals surface area contributed by atoms with Crippen LogP contribution in [0.5, 0.6) is 0 Å². The molecule has 0 aliphatic heterocycles. The molecule has 0 saturated heterocycles. The first-order valence-corrected chi connectivity index (χ1v) is 4.97. The maximum atomic E-state index is 10.5. The number of rotatable bonds is 0. The quantitative estimate of drug-likeness (QED) is 0.656. The molecule has 0 spiro atoms. The number of hydrogen-bond acceptors (Lipinski definition) is 1. The zero-order valence-electron chi connectivity index (χ0n) is 7.90. The second kappa shape index (κ2) is 2.58. The highest BCUT2D eigenvalue weighted by molar-refractivity contribution is 5.76. The van der Waals surface area contributed by atoms with E-state index in [0.717, 1.165) is 24.0 Å². The molecule has 0 saturated carbocycles. The Kier molecular flexibility index (Phi) is 1.48. The predicted molar refractivity (Wildman–Crippen MR) is 56.8 cm³/mol. The van der Waals surface area contributed by atoms with Gasteiger partial charge in [0.25, 0.3) is 0 Å². The van der Waals surface area contributed by atoms with Crippen molar-refractivity contribution in [1.82, 2.24) is 0 Å². The van der Waals surface area contributed by atoms with E-state index in [-0.39, 0.29) is 0 Å². The van der Waals surface area contributed by atoms with E-state index >= 15 is 0 Å². The highest BCUT2D eigenvalue weighted by Gasteiger charge is 2.34. The summed E-state index contributed by atoms with van der Waals surface area (Å²) in [4.78, 5) is 0. The zero-order chi connectivity index (χ0) is 9.60. The standard InChI is InChI=1S/C13H12O/c14-13-8-2-1-3-12(13)11-6-4-10(9-13)5-7-11/h1-7,14H,8-9H2. The molecule has 4 rings (SSSR count). The zero-order valence-corrected chi connectivity index (χ0v) is 7.90. The molecule has 2 bridgehead atoms. The summed E-state index contributed by atoms with van der Waals surface area (Å²) in [6.07, 6.45) is 7.56. The third-order valence-corrected chi connectivity index (χ3v) is 3.12. The van der Waals surface area contributed by atoms with Gasteiger partial charge < -0.3 is 5.11 Å². The Balaban J connectivity index is 2.25. The Morgan fingerprint density at radius 1 is 1.14 bits per heavy atom. The lowest BCUT2D eigenvalue weighted by atomic mass is 9.82. The molecule has 0 radical (unpaired) electrons. The van der Waals surface area contributed by atoms with Crippen molar-refractivity contribution in [2.45, 2.75) is 18.4 Å². The van der Waals surface area contributed by atoms with E-state index in [1.807, 2.05) is 18.2 Å². The number of fused-ring (bicyclic) bond motifs is 2. The minimum absolute atomic E-state index is 0.660. The Morgan fingerprint density at radius 2 is 1.93 bits per heavy atom. The molecule has 1 unspecified atom stereocenters. The molecule has 1 atom stereocenters. The number of benzene rings is 1. The molecule has 70 valence electrons. The van der Waals surface area contributed by atoms with Gasteiger partial charge in [-0.25, -0.2) is 0 Å². The van der Waals surface area contributed by atoms with Crippen molar-refractivity contribution in [3.05, 3.63) is 53.6 Å². The fourth-order valence-electron chi connectivity index (χ4n) is 2.36. The summed E-state index contributed by atoms with van der Waals surface area (Å²) in [6.45, 7) is 0. The first-order chi connectivity index (χ1) is 6.78. The van der Waals surface area contributed by atoms with E-state index in [0.29, 0.717) is 0 Å². The Bertz CT molecular complexity index is 425. The molecule has 0 fully saturated rings. The van der Waals surface area contributed by atoms with E-state index in [9.17, 15) is 5.11 Å². The molecule has 3 aliphatic rings. The van der Waals surface area contributed by atoms with E-state index in [4.69, 9.17) is 0 Å². The van der Waals surface area contributed by atoms with Gasteiger partial charge in [-0.15, -0.1) is 0 Å². The summed E-state index contributed by atoms with van der Waals surface area (Å²) in [6, 6.07) is 8.40. The monoisotopic (exact) mass is 184 g/mol. The van der Waals surface area contributed by atoms with Gasteiger partial charge in [0, 0.05) is 6.42 Å². The van der Waals surface area contributed by atoms with Gasteiger partial charge in [0.15, 0.2) is 0 Å². The van der Waals surface area contributed by atoms with Crippen LogP contribution >= 0.6 is 0 Å². The molecule has 0 aromatic heterocycles. The Labute approximate surface area is 83.4 Å². The highest BCUT2D eigenvalue weighted by atomic mass is 16.3. The van der Waals surface area contributed by atoms with Crippen LogP contribution in [0.1, 0.15) is 17.5 Å². The van der Waals surface area contributed by atoms with Crippen LogP contribution in [-0.4, -0.2) is 10.7 Å². The number of hydrogen-bond donors (Lipinski definition) is 1. The molecule has 1 N–H and O–H groups in total. The Hall–Kier alpha value is -1.34. The minimum atomic E-state index is -0.660. The number of aliphatic hydroxyl groups is 1. The smallest absolute Gasteiger partial charge is 0.0976 e. The fourth-order valence-corrected chi connectivity index (χ4v) is 2.36. The van der Waals surface area contributed by atoms with Crippen molar-refractivity contribution in [2.75, 3.05) is 0 Å². The topological polar surface area (TPSA) is 20.2 Å². The third-order valence-electron chi connectivity index (χ3n) is 3.12. The molecular weight excluding hydrogens is 172 g/mol. The minimum Gasteiger partial charge on any atom is -0.384 e. The highest BCUT2D eigenvalue weighted by Crippen LogP contribution is 2.38.